The number of unbranched alkanes of at least 4 members (excludes halogenated alkanes) is 25. The molecule has 1 saturated heterocycles. The van der Waals surface area contributed by atoms with Crippen molar-refractivity contribution >= 4 is 17.9 Å². The van der Waals surface area contributed by atoms with Crippen molar-refractivity contribution < 1.29 is 53.8 Å². The molecule has 11 nitrogen and oxygen atoms in total. The number of carboxylic acids is 1. The Kier molecular flexibility index (Phi) is 38.1. The number of carbonyl (C=O) groups excluding carboxylic acids is 2. The Bertz CT molecular complexity index is 1170. The van der Waals surface area contributed by atoms with E-state index in [1.807, 2.05) is 0 Å². The number of hydrogen-bond donors (Lipinski definition) is 4. The van der Waals surface area contributed by atoms with Crippen molar-refractivity contribution in [1.29, 1.82) is 0 Å². The molecule has 11 heteroatoms. The first kappa shape index (κ1) is 57.4. The van der Waals surface area contributed by atoms with E-state index < -0.39 is 61.3 Å². The molecule has 1 aliphatic rings. The summed E-state index contributed by atoms with van der Waals surface area (Å²) in [5.74, 6) is -2.45. The molecule has 1 rings (SSSR count). The van der Waals surface area contributed by atoms with Gasteiger partial charge in [-0.15, -0.1) is 0 Å². The smallest absolute Gasteiger partial charge is 0.335 e. The monoisotopic (exact) mass is 879 g/mol. The Morgan fingerprint density at radius 3 is 1.37 bits per heavy atom. The molecule has 0 spiro atoms. The van der Waals surface area contributed by atoms with Gasteiger partial charge in [0.1, 0.15) is 24.9 Å². The maximum atomic E-state index is 12.8. The van der Waals surface area contributed by atoms with Crippen molar-refractivity contribution in [1.82, 2.24) is 0 Å². The zero-order valence-corrected chi connectivity index (χ0v) is 39.1. The van der Waals surface area contributed by atoms with E-state index >= 15 is 0 Å². The number of rotatable bonds is 42. The molecule has 0 radical (unpaired) electrons. The Morgan fingerprint density at radius 2 is 0.903 bits per heavy atom. The molecule has 0 bridgehead atoms. The van der Waals surface area contributed by atoms with Crippen LogP contribution in [0, 0.1) is 0 Å². The largest absolute Gasteiger partial charge is 0.479 e. The minimum Gasteiger partial charge on any atom is -0.479 e. The summed E-state index contributed by atoms with van der Waals surface area (Å²) in [4.78, 5) is 36.9. The molecule has 0 aromatic heterocycles. The van der Waals surface area contributed by atoms with Crippen LogP contribution in [0.4, 0.5) is 0 Å². The molecule has 1 heterocycles. The summed E-state index contributed by atoms with van der Waals surface area (Å²) in [5, 5.41) is 39.9. The van der Waals surface area contributed by atoms with Crippen LogP contribution in [-0.4, -0.2) is 88.4 Å². The number of carboxylic acid groups (broad SMARTS) is 1. The Morgan fingerprint density at radius 1 is 0.500 bits per heavy atom. The predicted octanol–water partition coefficient (Wildman–Crippen LogP) is 11.5. The first-order valence-electron chi connectivity index (χ1n) is 25.0. The van der Waals surface area contributed by atoms with E-state index in [4.69, 9.17) is 18.9 Å². The molecule has 4 N–H and O–H groups in total. The highest BCUT2D eigenvalue weighted by molar-refractivity contribution is 5.73. The van der Waals surface area contributed by atoms with Gasteiger partial charge in [0, 0.05) is 12.8 Å². The zero-order chi connectivity index (χ0) is 45.3. The number of hydrogen-bond acceptors (Lipinski definition) is 10. The first-order chi connectivity index (χ1) is 30.2. The number of carbonyl (C=O) groups is 3. The van der Waals surface area contributed by atoms with Crippen molar-refractivity contribution in [3.63, 3.8) is 0 Å². The van der Waals surface area contributed by atoms with E-state index in [1.54, 1.807) is 0 Å². The summed E-state index contributed by atoms with van der Waals surface area (Å²) < 4.78 is 21.8. The third-order valence-corrected chi connectivity index (χ3v) is 11.5. The van der Waals surface area contributed by atoms with Gasteiger partial charge in [0.25, 0.3) is 0 Å². The Hall–Kier alpha value is -2.57. The number of ether oxygens (including phenoxy) is 4. The molecule has 6 atom stereocenters. The van der Waals surface area contributed by atoms with Crippen molar-refractivity contribution in [2.75, 3.05) is 13.2 Å². The molecule has 0 aliphatic carbocycles. The van der Waals surface area contributed by atoms with E-state index in [1.165, 1.54) is 116 Å². The number of aliphatic carboxylic acids is 1. The summed E-state index contributed by atoms with van der Waals surface area (Å²) in [6.45, 7) is 3.79. The van der Waals surface area contributed by atoms with Gasteiger partial charge < -0.3 is 39.4 Å². The average Bonchev–Trinajstić information content (AvgIpc) is 3.26. The second kappa shape index (κ2) is 41.2. The van der Waals surface area contributed by atoms with Crippen LogP contribution in [0.1, 0.15) is 219 Å². The lowest BCUT2D eigenvalue weighted by molar-refractivity contribution is -0.298. The fourth-order valence-corrected chi connectivity index (χ4v) is 7.49. The van der Waals surface area contributed by atoms with Crippen LogP contribution >= 0.6 is 0 Å². The van der Waals surface area contributed by atoms with E-state index in [-0.39, 0.29) is 19.4 Å². The fourth-order valence-electron chi connectivity index (χ4n) is 7.49. The van der Waals surface area contributed by atoms with Gasteiger partial charge in [-0.1, -0.05) is 172 Å². The third-order valence-electron chi connectivity index (χ3n) is 11.5. The van der Waals surface area contributed by atoms with Gasteiger partial charge in [0.15, 0.2) is 18.5 Å². The lowest BCUT2D eigenvalue weighted by Crippen LogP contribution is -2.60. The summed E-state index contributed by atoms with van der Waals surface area (Å²) in [7, 11) is 0. The van der Waals surface area contributed by atoms with E-state index in [2.05, 4.69) is 50.3 Å². The lowest BCUT2D eigenvalue weighted by Gasteiger charge is -2.38. The van der Waals surface area contributed by atoms with E-state index in [0.717, 1.165) is 64.2 Å². The van der Waals surface area contributed by atoms with Crippen LogP contribution in [0.2, 0.25) is 0 Å². The van der Waals surface area contributed by atoms with Crippen molar-refractivity contribution in [2.45, 2.75) is 256 Å². The van der Waals surface area contributed by atoms with Crippen LogP contribution in [0.3, 0.4) is 0 Å². The summed E-state index contributed by atoms with van der Waals surface area (Å²) in [6.07, 6.45) is 39.1. The second-order valence-corrected chi connectivity index (χ2v) is 17.3. The molecule has 6 unspecified atom stereocenters. The molecular formula is C51H90O11. The topological polar surface area (TPSA) is 169 Å². The summed E-state index contributed by atoms with van der Waals surface area (Å²) >= 11 is 0. The van der Waals surface area contributed by atoms with Gasteiger partial charge in [0.05, 0.1) is 6.61 Å². The maximum absolute atomic E-state index is 12.8. The predicted molar refractivity (Wildman–Crippen MR) is 248 cm³/mol. The quantitative estimate of drug-likeness (QED) is 0.0261. The minimum absolute atomic E-state index is 0.173. The van der Waals surface area contributed by atoms with Crippen LogP contribution < -0.4 is 0 Å². The van der Waals surface area contributed by atoms with Gasteiger partial charge in [-0.3, -0.25) is 9.59 Å². The number of aliphatic hydroxyl groups is 3. The molecule has 62 heavy (non-hydrogen) atoms. The normalized spacial score (nSPS) is 19.8. The Balaban J connectivity index is 2.27. The molecule has 0 aromatic rings. The molecule has 0 amide bonds. The first-order valence-corrected chi connectivity index (χ1v) is 25.0. The maximum Gasteiger partial charge on any atom is 0.335 e. The van der Waals surface area contributed by atoms with E-state index in [9.17, 15) is 34.8 Å². The van der Waals surface area contributed by atoms with Gasteiger partial charge >= 0.3 is 17.9 Å². The van der Waals surface area contributed by atoms with Gasteiger partial charge in [0.2, 0.25) is 0 Å². The highest BCUT2D eigenvalue weighted by atomic mass is 16.7. The SMILES string of the molecule is CCCCCC/C=C\CCCCCCCC(=O)OC(COC(=O)CCCCCCCCCCCCC/C=C\C/C=C\CCCCCCC)COC1OC(C(=O)O)C(O)C(O)C1O. The Labute approximate surface area is 376 Å². The fraction of sp³-hybridized carbons (Fsp3) is 0.824. The third kappa shape index (κ3) is 32.1. The summed E-state index contributed by atoms with van der Waals surface area (Å²) in [6, 6.07) is 0. The van der Waals surface area contributed by atoms with Gasteiger partial charge in [-0.2, -0.15) is 0 Å². The van der Waals surface area contributed by atoms with Crippen LogP contribution in [0.15, 0.2) is 36.5 Å². The van der Waals surface area contributed by atoms with Crippen molar-refractivity contribution in [3.05, 3.63) is 36.5 Å². The number of aliphatic hydroxyl groups excluding tert-OH is 3. The lowest BCUT2D eigenvalue weighted by atomic mass is 9.99. The van der Waals surface area contributed by atoms with Crippen LogP contribution in [0.25, 0.3) is 0 Å². The molecular weight excluding hydrogens is 789 g/mol. The molecule has 1 fully saturated rings. The second-order valence-electron chi connectivity index (χ2n) is 17.3. The molecule has 0 aromatic carbocycles. The number of allylic oxidation sites excluding steroid dienone is 6. The minimum atomic E-state index is -1.86. The molecule has 0 saturated carbocycles. The molecule has 360 valence electrons. The standard InChI is InChI=1S/C51H90O11/c1-3-5-7-9-11-13-15-17-18-19-20-21-22-23-24-25-26-28-29-31-33-35-37-39-44(52)59-41-43(42-60-51-48(56)46(54)47(55)49(62-51)50(57)58)61-45(53)40-38-36-34-32-30-27-16-14-12-10-8-6-4-2/h14-17,19-20,43,46-49,51,54-56H,3-13,18,21-42H2,1-2H3,(H,57,58)/b16-14-,17-15-,20-19-. The molecule has 1 aliphatic heterocycles. The summed E-state index contributed by atoms with van der Waals surface area (Å²) in [5.41, 5.74) is 0. The van der Waals surface area contributed by atoms with Crippen LogP contribution in [-0.2, 0) is 33.3 Å². The average molecular weight is 879 g/mol. The van der Waals surface area contributed by atoms with Gasteiger partial charge in [-0.25, -0.2) is 4.79 Å². The zero-order valence-electron chi connectivity index (χ0n) is 39.1. The van der Waals surface area contributed by atoms with E-state index in [0.29, 0.717) is 12.8 Å². The van der Waals surface area contributed by atoms with Crippen molar-refractivity contribution in [2.24, 2.45) is 0 Å². The van der Waals surface area contributed by atoms with Gasteiger partial charge in [-0.05, 0) is 70.6 Å². The van der Waals surface area contributed by atoms with Crippen molar-refractivity contribution in [3.8, 4) is 0 Å². The number of esters is 2. The highest BCUT2D eigenvalue weighted by Crippen LogP contribution is 2.23. The van der Waals surface area contributed by atoms with Crippen LogP contribution in [0.5, 0.6) is 0 Å². The highest BCUT2D eigenvalue weighted by Gasteiger charge is 2.47.